The van der Waals surface area contributed by atoms with Gasteiger partial charge in [-0.25, -0.2) is 0 Å². The van der Waals surface area contributed by atoms with Crippen LogP contribution in [0.3, 0.4) is 0 Å². The lowest BCUT2D eigenvalue weighted by molar-refractivity contribution is 0.722. The van der Waals surface area contributed by atoms with Gasteiger partial charge >= 0.3 is 0 Å². The van der Waals surface area contributed by atoms with E-state index < -0.39 is 0 Å². The van der Waals surface area contributed by atoms with E-state index in [0.29, 0.717) is 0 Å². The Balaban J connectivity index is 1.85. The molecular formula is C15H13ClN2. The molecule has 0 spiro atoms. The third kappa shape index (κ3) is 2.12. The smallest absolute Gasteiger partial charge is 0.0499 e. The van der Waals surface area contributed by atoms with Crippen LogP contribution in [0.4, 0.5) is 0 Å². The summed E-state index contributed by atoms with van der Waals surface area (Å²) in [5.41, 5.74) is 2.49. The summed E-state index contributed by atoms with van der Waals surface area (Å²) in [5, 5.41) is 1.93. The van der Waals surface area contributed by atoms with Gasteiger partial charge in [-0.2, -0.15) is 0 Å². The summed E-state index contributed by atoms with van der Waals surface area (Å²) in [4.78, 5) is 4.03. The van der Waals surface area contributed by atoms with Crippen LogP contribution in [0.25, 0.3) is 10.9 Å². The number of benzene rings is 1. The number of aromatic nitrogens is 2. The average Bonchev–Trinajstić information content (AvgIpc) is 2.82. The van der Waals surface area contributed by atoms with Crippen LogP contribution in [0, 0.1) is 0 Å². The van der Waals surface area contributed by atoms with Gasteiger partial charge in [0, 0.05) is 41.1 Å². The minimum absolute atomic E-state index is 0.815. The number of fused-ring (bicyclic) bond motifs is 1. The SMILES string of the molecule is Clc1cccc2c1ccn2CCc1ccncc1. The topological polar surface area (TPSA) is 17.8 Å². The predicted octanol–water partition coefficient (Wildman–Crippen LogP) is 3.93. The van der Waals surface area contributed by atoms with Crippen LogP contribution >= 0.6 is 11.6 Å². The van der Waals surface area contributed by atoms with Gasteiger partial charge in [-0.3, -0.25) is 4.98 Å². The molecule has 0 unspecified atom stereocenters. The fourth-order valence-electron chi connectivity index (χ4n) is 2.18. The Bertz CT molecular complexity index is 659. The zero-order valence-corrected chi connectivity index (χ0v) is 10.6. The molecule has 0 aliphatic heterocycles. The van der Waals surface area contributed by atoms with Crippen molar-refractivity contribution in [3.05, 3.63) is 65.6 Å². The molecular weight excluding hydrogens is 244 g/mol. The number of halogens is 1. The first-order valence-electron chi connectivity index (χ1n) is 5.97. The van der Waals surface area contributed by atoms with Crippen molar-refractivity contribution in [1.29, 1.82) is 0 Å². The molecule has 3 heteroatoms. The first kappa shape index (κ1) is 11.3. The standard InChI is InChI=1S/C15H13ClN2/c16-14-2-1-3-15-13(14)7-11-18(15)10-6-12-4-8-17-9-5-12/h1-5,7-9,11H,6,10H2. The third-order valence-corrected chi connectivity index (χ3v) is 3.48. The number of hydrogen-bond donors (Lipinski definition) is 0. The molecule has 2 aromatic heterocycles. The van der Waals surface area contributed by atoms with Gasteiger partial charge in [0.2, 0.25) is 0 Å². The highest BCUT2D eigenvalue weighted by Crippen LogP contribution is 2.24. The van der Waals surface area contributed by atoms with E-state index in [4.69, 9.17) is 11.6 Å². The Kier molecular flexibility index (Phi) is 3.03. The van der Waals surface area contributed by atoms with Gasteiger partial charge in [0.25, 0.3) is 0 Å². The second-order valence-corrected chi connectivity index (χ2v) is 4.69. The van der Waals surface area contributed by atoms with Crippen LogP contribution < -0.4 is 0 Å². The van der Waals surface area contributed by atoms with E-state index in [1.165, 1.54) is 11.1 Å². The average molecular weight is 257 g/mol. The fourth-order valence-corrected chi connectivity index (χ4v) is 2.41. The zero-order chi connectivity index (χ0) is 12.4. The summed E-state index contributed by atoms with van der Waals surface area (Å²) >= 11 is 6.17. The largest absolute Gasteiger partial charge is 0.347 e. The number of pyridine rings is 1. The molecule has 0 fully saturated rings. The summed E-state index contributed by atoms with van der Waals surface area (Å²) in [6.07, 6.45) is 6.76. The van der Waals surface area contributed by atoms with Crippen molar-refractivity contribution in [3.8, 4) is 0 Å². The molecule has 3 aromatic rings. The highest BCUT2D eigenvalue weighted by molar-refractivity contribution is 6.35. The van der Waals surface area contributed by atoms with E-state index in [2.05, 4.69) is 40.0 Å². The molecule has 0 saturated carbocycles. The van der Waals surface area contributed by atoms with Gasteiger partial charge < -0.3 is 4.57 Å². The highest BCUT2D eigenvalue weighted by atomic mass is 35.5. The van der Waals surface area contributed by atoms with Crippen molar-refractivity contribution in [2.24, 2.45) is 0 Å². The van der Waals surface area contributed by atoms with Gasteiger partial charge in [-0.05, 0) is 42.3 Å². The van der Waals surface area contributed by atoms with Crippen LogP contribution in [0.15, 0.2) is 55.0 Å². The molecule has 1 aromatic carbocycles. The predicted molar refractivity (Wildman–Crippen MR) is 74.9 cm³/mol. The molecule has 3 rings (SSSR count). The molecule has 0 radical (unpaired) electrons. The van der Waals surface area contributed by atoms with Crippen molar-refractivity contribution >= 4 is 22.5 Å². The van der Waals surface area contributed by atoms with E-state index in [-0.39, 0.29) is 0 Å². The Labute approximate surface area is 111 Å². The number of aryl methyl sites for hydroxylation is 2. The van der Waals surface area contributed by atoms with Crippen LogP contribution in [-0.2, 0) is 13.0 Å². The van der Waals surface area contributed by atoms with Crippen LogP contribution in [-0.4, -0.2) is 9.55 Å². The summed E-state index contributed by atoms with van der Waals surface area (Å²) in [7, 11) is 0. The van der Waals surface area contributed by atoms with E-state index >= 15 is 0 Å². The quantitative estimate of drug-likeness (QED) is 0.694. The molecule has 0 N–H and O–H groups in total. The summed E-state index contributed by atoms with van der Waals surface area (Å²) in [6, 6.07) is 12.2. The van der Waals surface area contributed by atoms with Crippen molar-refractivity contribution in [1.82, 2.24) is 9.55 Å². The molecule has 0 atom stereocenters. The maximum Gasteiger partial charge on any atom is 0.0499 e. The molecule has 0 saturated heterocycles. The fraction of sp³-hybridized carbons (Fsp3) is 0.133. The van der Waals surface area contributed by atoms with Gasteiger partial charge in [-0.15, -0.1) is 0 Å². The third-order valence-electron chi connectivity index (χ3n) is 3.15. The summed E-state index contributed by atoms with van der Waals surface area (Å²) in [6.45, 7) is 0.952. The van der Waals surface area contributed by atoms with E-state index in [0.717, 1.165) is 23.4 Å². The molecule has 18 heavy (non-hydrogen) atoms. The highest BCUT2D eigenvalue weighted by Gasteiger charge is 2.03. The van der Waals surface area contributed by atoms with E-state index in [1.807, 2.05) is 24.5 Å². The normalized spacial score (nSPS) is 10.9. The van der Waals surface area contributed by atoms with E-state index in [1.54, 1.807) is 0 Å². The summed E-state index contributed by atoms with van der Waals surface area (Å²) < 4.78 is 2.24. The van der Waals surface area contributed by atoms with Crippen molar-refractivity contribution in [3.63, 3.8) is 0 Å². The van der Waals surface area contributed by atoms with Gasteiger partial charge in [-0.1, -0.05) is 17.7 Å². The minimum Gasteiger partial charge on any atom is -0.347 e. The molecule has 2 nitrogen and oxygen atoms in total. The molecule has 90 valence electrons. The number of nitrogens with zero attached hydrogens (tertiary/aromatic N) is 2. The number of hydrogen-bond acceptors (Lipinski definition) is 1. The van der Waals surface area contributed by atoms with Gasteiger partial charge in [0.05, 0.1) is 0 Å². The van der Waals surface area contributed by atoms with Crippen molar-refractivity contribution < 1.29 is 0 Å². The molecule has 0 aliphatic rings. The minimum atomic E-state index is 0.815. The molecule has 2 heterocycles. The van der Waals surface area contributed by atoms with Gasteiger partial charge in [0.15, 0.2) is 0 Å². The summed E-state index contributed by atoms with van der Waals surface area (Å²) in [5.74, 6) is 0. The monoisotopic (exact) mass is 256 g/mol. The van der Waals surface area contributed by atoms with Crippen LogP contribution in [0.5, 0.6) is 0 Å². The first-order chi connectivity index (χ1) is 8.84. The maximum absolute atomic E-state index is 6.17. The van der Waals surface area contributed by atoms with Crippen molar-refractivity contribution in [2.45, 2.75) is 13.0 Å². The second kappa shape index (κ2) is 4.83. The molecule has 0 bridgehead atoms. The lowest BCUT2D eigenvalue weighted by Gasteiger charge is -2.05. The molecule has 0 amide bonds. The van der Waals surface area contributed by atoms with E-state index in [9.17, 15) is 0 Å². The molecule has 0 aliphatic carbocycles. The van der Waals surface area contributed by atoms with Gasteiger partial charge in [0.1, 0.15) is 0 Å². The van der Waals surface area contributed by atoms with Crippen LogP contribution in [0.2, 0.25) is 5.02 Å². The Morgan fingerprint density at radius 3 is 2.72 bits per heavy atom. The Hall–Kier alpha value is -1.80. The Morgan fingerprint density at radius 1 is 1.06 bits per heavy atom. The lowest BCUT2D eigenvalue weighted by Crippen LogP contribution is -1.99. The first-order valence-corrected chi connectivity index (χ1v) is 6.34. The van der Waals surface area contributed by atoms with Crippen molar-refractivity contribution in [2.75, 3.05) is 0 Å². The number of rotatable bonds is 3. The second-order valence-electron chi connectivity index (χ2n) is 4.29. The maximum atomic E-state index is 6.17. The lowest BCUT2D eigenvalue weighted by atomic mass is 10.2. The Morgan fingerprint density at radius 2 is 1.89 bits per heavy atom. The zero-order valence-electron chi connectivity index (χ0n) is 9.88. The van der Waals surface area contributed by atoms with Crippen LogP contribution in [0.1, 0.15) is 5.56 Å².